The molecule has 3 N–H and O–H groups in total. The van der Waals surface area contributed by atoms with Crippen LogP contribution in [0, 0.1) is 12.7 Å². The van der Waals surface area contributed by atoms with Crippen LogP contribution < -0.4 is 25.8 Å². The second-order valence-electron chi connectivity index (χ2n) is 17.3. The van der Waals surface area contributed by atoms with E-state index >= 15 is 0 Å². The minimum Gasteiger partial charge on any atom is -0.372 e. The molecule has 8 rings (SSSR count). The molecule has 2 saturated heterocycles. The lowest BCUT2D eigenvalue weighted by Gasteiger charge is -2.36. The fraction of sp³-hybridized carbons (Fsp3) is 0.347. The van der Waals surface area contributed by atoms with Crippen LogP contribution in [0.3, 0.4) is 0 Å². The first-order chi connectivity index (χ1) is 32.0. The van der Waals surface area contributed by atoms with Crippen molar-refractivity contribution in [2.24, 2.45) is 0 Å². The molecule has 2 fully saturated rings. The number of likely N-dealkylation sites (tertiary alicyclic amines) is 2. The monoisotopic (exact) mass is 968 g/mol. The van der Waals surface area contributed by atoms with Gasteiger partial charge in [0.1, 0.15) is 15.7 Å². The second kappa shape index (κ2) is 22.0. The molecule has 4 aromatic carbocycles. The number of anilines is 8. The Balaban J connectivity index is 0.000000201. The Morgan fingerprint density at radius 1 is 0.657 bits per heavy atom. The number of nitrogens with zero attached hydrogens (tertiary/aromatic N) is 9. The minimum atomic E-state index is -3.66. The SMILES string of the molecule is CN1CCC(N(C)c2ccc(Nc3ncc(Cl)c(Nc4ccccc4S(=O)(=O)N(C)C)n3)cc2)CC1.Cc1cnc(Nc2ccc(N(C)C3CCN(C)CC3)cc2)nc1-c1ccc(F)c(Cl)c1. The Labute approximate surface area is 404 Å². The van der Waals surface area contributed by atoms with Gasteiger partial charge in [-0.25, -0.2) is 32.1 Å². The highest BCUT2D eigenvalue weighted by atomic mass is 35.5. The molecular weight excluding hydrogens is 911 g/mol. The molecule has 67 heavy (non-hydrogen) atoms. The predicted molar refractivity (Wildman–Crippen MR) is 272 cm³/mol. The fourth-order valence-electron chi connectivity index (χ4n) is 8.08. The molecule has 4 heterocycles. The Morgan fingerprint density at radius 3 is 1.69 bits per heavy atom. The summed E-state index contributed by atoms with van der Waals surface area (Å²) in [6.07, 6.45) is 7.90. The standard InChI is InChI=1S/C25H32ClN7O2S.C24H27ClFN5/c1-31(2)36(34,35)23-8-6-5-7-22(23)29-24-21(26)17-27-25(30-24)28-18-9-11-19(12-10-18)33(4)20-13-15-32(3)16-14-20;1-16-15-27-24(29-23(16)17-4-9-22(26)21(25)14-17)28-18-5-7-19(8-6-18)31(3)20-10-12-30(2)13-11-20/h5-12,17,20H,13-16H2,1-4H3,(H2,27,28,29,30);4-9,14-15,20H,10-13H2,1-3H3,(H,27,28,29). The van der Waals surface area contributed by atoms with Crippen molar-refractivity contribution in [3.8, 4) is 11.3 Å². The van der Waals surface area contributed by atoms with Gasteiger partial charge in [-0.1, -0.05) is 35.3 Å². The highest BCUT2D eigenvalue weighted by Crippen LogP contribution is 2.32. The van der Waals surface area contributed by atoms with Crippen LogP contribution in [-0.2, 0) is 10.0 Å². The lowest BCUT2D eigenvalue weighted by molar-refractivity contribution is 0.253. The van der Waals surface area contributed by atoms with Crippen molar-refractivity contribution in [3.05, 3.63) is 125 Å². The maximum absolute atomic E-state index is 13.5. The zero-order chi connectivity index (χ0) is 47.8. The van der Waals surface area contributed by atoms with E-state index in [1.165, 1.54) is 51.0 Å². The summed E-state index contributed by atoms with van der Waals surface area (Å²) in [6, 6.07) is 28.8. The molecule has 0 saturated carbocycles. The van der Waals surface area contributed by atoms with E-state index in [9.17, 15) is 12.8 Å². The van der Waals surface area contributed by atoms with Gasteiger partial charge in [0.05, 0.1) is 22.6 Å². The number of para-hydroxylation sites is 1. The number of sulfonamides is 1. The van der Waals surface area contributed by atoms with Crippen molar-refractivity contribution in [2.75, 3.05) is 94.2 Å². The molecular formula is C49H59Cl2FN12O2S. The fourth-order valence-corrected chi connectivity index (χ4v) is 9.44. The smallest absolute Gasteiger partial charge is 0.244 e. The molecule has 0 spiro atoms. The van der Waals surface area contributed by atoms with Gasteiger partial charge in [-0.2, -0.15) is 4.98 Å². The van der Waals surface area contributed by atoms with E-state index < -0.39 is 15.8 Å². The summed E-state index contributed by atoms with van der Waals surface area (Å²) in [6.45, 7) is 6.43. The molecule has 0 aliphatic carbocycles. The van der Waals surface area contributed by atoms with E-state index in [2.05, 4.69) is 108 Å². The second-order valence-corrected chi connectivity index (χ2v) is 20.2. The largest absolute Gasteiger partial charge is 0.372 e. The van der Waals surface area contributed by atoms with Gasteiger partial charge in [0.25, 0.3) is 0 Å². The van der Waals surface area contributed by atoms with Crippen molar-refractivity contribution >= 4 is 79.4 Å². The number of hydrogen-bond acceptors (Lipinski definition) is 13. The lowest BCUT2D eigenvalue weighted by atomic mass is 10.0. The summed E-state index contributed by atoms with van der Waals surface area (Å²) in [5.74, 6) is 0.679. The van der Waals surface area contributed by atoms with Gasteiger partial charge in [-0.15, -0.1) is 0 Å². The summed E-state index contributed by atoms with van der Waals surface area (Å²) < 4.78 is 40.1. The first-order valence-electron chi connectivity index (χ1n) is 22.2. The van der Waals surface area contributed by atoms with E-state index in [-0.39, 0.29) is 14.9 Å². The van der Waals surface area contributed by atoms with Crippen molar-refractivity contribution < 1.29 is 12.8 Å². The van der Waals surface area contributed by atoms with Crippen molar-refractivity contribution in [1.29, 1.82) is 0 Å². The van der Waals surface area contributed by atoms with Crippen LogP contribution in [0.4, 0.5) is 50.5 Å². The summed E-state index contributed by atoms with van der Waals surface area (Å²) in [7, 11) is 7.98. The number of rotatable bonds is 13. The predicted octanol–water partition coefficient (Wildman–Crippen LogP) is 9.92. The number of benzene rings is 4. The zero-order valence-corrected chi connectivity index (χ0v) is 41.3. The van der Waals surface area contributed by atoms with Crippen molar-refractivity contribution in [3.63, 3.8) is 0 Å². The number of aryl methyl sites for hydroxylation is 1. The van der Waals surface area contributed by atoms with Gasteiger partial charge in [0, 0.05) is 74.8 Å². The van der Waals surface area contributed by atoms with Gasteiger partial charge >= 0.3 is 0 Å². The number of nitrogens with one attached hydrogen (secondary N) is 3. The van der Waals surface area contributed by atoms with Gasteiger partial charge in [-0.3, -0.25) is 0 Å². The van der Waals surface area contributed by atoms with Crippen LogP contribution in [0.5, 0.6) is 0 Å². The Morgan fingerprint density at radius 2 is 1.16 bits per heavy atom. The topological polar surface area (TPSA) is 138 Å². The third kappa shape index (κ3) is 12.5. The summed E-state index contributed by atoms with van der Waals surface area (Å²) in [4.78, 5) is 27.4. The third-order valence-electron chi connectivity index (χ3n) is 12.3. The maximum atomic E-state index is 13.5. The average molecular weight is 970 g/mol. The molecule has 0 bridgehead atoms. The Kier molecular flexibility index (Phi) is 16.2. The number of hydrogen-bond donors (Lipinski definition) is 3. The summed E-state index contributed by atoms with van der Waals surface area (Å²) in [5.41, 5.74) is 6.84. The molecule has 2 aliphatic rings. The van der Waals surface area contributed by atoms with E-state index in [0.29, 0.717) is 35.5 Å². The quantitative estimate of drug-likeness (QED) is 0.101. The molecule has 0 amide bonds. The van der Waals surface area contributed by atoms with Crippen LogP contribution >= 0.6 is 23.2 Å². The number of piperidine rings is 2. The normalized spacial score (nSPS) is 15.1. The van der Waals surface area contributed by atoms with Crippen molar-refractivity contribution in [2.45, 2.75) is 49.6 Å². The molecule has 6 aromatic rings. The number of aromatic nitrogens is 4. The number of halogens is 3. The van der Waals surface area contributed by atoms with E-state index in [4.69, 9.17) is 23.2 Å². The zero-order valence-electron chi connectivity index (χ0n) is 39.0. The molecule has 14 nitrogen and oxygen atoms in total. The van der Waals surface area contributed by atoms with Crippen LogP contribution in [0.1, 0.15) is 31.2 Å². The third-order valence-corrected chi connectivity index (χ3v) is 14.8. The Bertz CT molecular complexity index is 2720. The van der Waals surface area contributed by atoms with Crippen LogP contribution in [-0.4, -0.2) is 123 Å². The van der Waals surface area contributed by atoms with E-state index in [1.807, 2.05) is 31.2 Å². The molecule has 2 aromatic heterocycles. The van der Waals surface area contributed by atoms with E-state index in [1.54, 1.807) is 36.5 Å². The molecule has 0 radical (unpaired) electrons. The average Bonchev–Trinajstić information content (AvgIpc) is 3.32. The summed E-state index contributed by atoms with van der Waals surface area (Å²) >= 11 is 12.3. The first-order valence-corrected chi connectivity index (χ1v) is 24.4. The van der Waals surface area contributed by atoms with Crippen LogP contribution in [0.15, 0.2) is 108 Å². The molecule has 2 aliphatic heterocycles. The highest BCUT2D eigenvalue weighted by Gasteiger charge is 2.24. The van der Waals surface area contributed by atoms with Crippen LogP contribution in [0.2, 0.25) is 10.0 Å². The van der Waals surface area contributed by atoms with Crippen LogP contribution in [0.25, 0.3) is 11.3 Å². The highest BCUT2D eigenvalue weighted by molar-refractivity contribution is 7.89. The maximum Gasteiger partial charge on any atom is 0.244 e. The molecule has 0 unspecified atom stereocenters. The summed E-state index contributed by atoms with van der Waals surface area (Å²) in [5, 5.41) is 9.87. The molecule has 18 heteroatoms. The van der Waals surface area contributed by atoms with Gasteiger partial charge in [0.15, 0.2) is 5.82 Å². The minimum absolute atomic E-state index is 0.0781. The van der Waals surface area contributed by atoms with E-state index in [0.717, 1.165) is 77.2 Å². The van der Waals surface area contributed by atoms with Gasteiger partial charge < -0.3 is 35.6 Å². The van der Waals surface area contributed by atoms with Crippen molar-refractivity contribution in [1.82, 2.24) is 34.0 Å². The molecule has 354 valence electrons. The molecule has 0 atom stereocenters. The van der Waals surface area contributed by atoms with Gasteiger partial charge in [-0.05, 0) is 157 Å². The first kappa shape index (κ1) is 49.3. The lowest BCUT2D eigenvalue weighted by Crippen LogP contribution is -2.41. The van der Waals surface area contributed by atoms with Gasteiger partial charge in [0.2, 0.25) is 21.9 Å². The Hall–Kier alpha value is -5.62.